The van der Waals surface area contributed by atoms with Crippen molar-refractivity contribution in [2.75, 3.05) is 13.7 Å². The summed E-state index contributed by atoms with van der Waals surface area (Å²) in [7, 11) is 1.83. The molecule has 0 atom stereocenters. The lowest BCUT2D eigenvalue weighted by molar-refractivity contribution is 0.0807. The summed E-state index contributed by atoms with van der Waals surface area (Å²) in [6, 6.07) is 8.99. The summed E-state index contributed by atoms with van der Waals surface area (Å²) in [5.41, 5.74) is 8.48. The number of nitrogens with two attached hydrogens (primary N) is 1. The SMILES string of the molecule is COC1(Cc2ccc(CCCCN)cc2)CC1. The molecule has 0 heterocycles. The van der Waals surface area contributed by atoms with Crippen LogP contribution in [0.2, 0.25) is 0 Å². The van der Waals surface area contributed by atoms with Gasteiger partial charge in [0.25, 0.3) is 0 Å². The van der Waals surface area contributed by atoms with E-state index in [0.717, 1.165) is 25.8 Å². The van der Waals surface area contributed by atoms with Gasteiger partial charge in [0.05, 0.1) is 5.60 Å². The Bertz CT molecular complexity index is 340. The van der Waals surface area contributed by atoms with Crippen molar-refractivity contribution in [2.24, 2.45) is 5.73 Å². The van der Waals surface area contributed by atoms with E-state index in [-0.39, 0.29) is 5.60 Å². The molecular weight excluding hydrogens is 210 g/mol. The molecule has 1 aromatic carbocycles. The smallest absolute Gasteiger partial charge is 0.0721 e. The van der Waals surface area contributed by atoms with Gasteiger partial charge in [-0.15, -0.1) is 0 Å². The highest BCUT2D eigenvalue weighted by Crippen LogP contribution is 2.41. The van der Waals surface area contributed by atoms with Gasteiger partial charge in [-0.1, -0.05) is 24.3 Å². The van der Waals surface area contributed by atoms with Crippen LogP contribution in [-0.4, -0.2) is 19.3 Å². The minimum atomic E-state index is 0.168. The van der Waals surface area contributed by atoms with E-state index in [4.69, 9.17) is 10.5 Å². The molecule has 1 aromatic rings. The lowest BCUT2D eigenvalue weighted by Crippen LogP contribution is -2.14. The van der Waals surface area contributed by atoms with Crippen LogP contribution in [0.1, 0.15) is 36.8 Å². The van der Waals surface area contributed by atoms with Gasteiger partial charge in [0.2, 0.25) is 0 Å². The molecule has 94 valence electrons. The molecule has 0 saturated heterocycles. The van der Waals surface area contributed by atoms with Crippen molar-refractivity contribution in [2.45, 2.75) is 44.1 Å². The molecule has 1 saturated carbocycles. The Morgan fingerprint density at radius 3 is 2.29 bits per heavy atom. The van der Waals surface area contributed by atoms with Crippen molar-refractivity contribution < 1.29 is 4.74 Å². The van der Waals surface area contributed by atoms with E-state index in [1.807, 2.05) is 7.11 Å². The van der Waals surface area contributed by atoms with E-state index in [1.54, 1.807) is 0 Å². The van der Waals surface area contributed by atoms with Crippen molar-refractivity contribution in [3.8, 4) is 0 Å². The van der Waals surface area contributed by atoms with Gasteiger partial charge in [-0.3, -0.25) is 0 Å². The third-order valence-corrected chi connectivity index (χ3v) is 3.71. The first-order valence-electron chi connectivity index (χ1n) is 6.61. The Labute approximate surface area is 104 Å². The van der Waals surface area contributed by atoms with Crippen LogP contribution in [-0.2, 0) is 17.6 Å². The van der Waals surface area contributed by atoms with Gasteiger partial charge >= 0.3 is 0 Å². The van der Waals surface area contributed by atoms with Crippen molar-refractivity contribution in [1.29, 1.82) is 0 Å². The highest BCUT2D eigenvalue weighted by atomic mass is 16.5. The van der Waals surface area contributed by atoms with Gasteiger partial charge in [-0.05, 0) is 49.8 Å². The summed E-state index contributed by atoms with van der Waals surface area (Å²) in [6.07, 6.45) is 6.94. The largest absolute Gasteiger partial charge is 0.378 e. The first kappa shape index (κ1) is 12.6. The zero-order valence-corrected chi connectivity index (χ0v) is 10.7. The van der Waals surface area contributed by atoms with Crippen LogP contribution in [0.3, 0.4) is 0 Å². The highest BCUT2D eigenvalue weighted by molar-refractivity contribution is 5.25. The molecule has 2 nitrogen and oxygen atoms in total. The van der Waals surface area contributed by atoms with Crippen molar-refractivity contribution in [3.63, 3.8) is 0 Å². The van der Waals surface area contributed by atoms with Crippen molar-refractivity contribution >= 4 is 0 Å². The number of hydrogen-bond acceptors (Lipinski definition) is 2. The summed E-state index contributed by atoms with van der Waals surface area (Å²) in [6.45, 7) is 0.800. The summed E-state index contributed by atoms with van der Waals surface area (Å²) < 4.78 is 5.55. The number of aryl methyl sites for hydroxylation is 1. The van der Waals surface area contributed by atoms with Crippen LogP contribution in [0.4, 0.5) is 0 Å². The second-order valence-electron chi connectivity index (χ2n) is 5.13. The third kappa shape index (κ3) is 3.55. The minimum absolute atomic E-state index is 0.168. The lowest BCUT2D eigenvalue weighted by atomic mass is 10.0. The first-order chi connectivity index (χ1) is 8.28. The van der Waals surface area contributed by atoms with Gasteiger partial charge in [0.1, 0.15) is 0 Å². The van der Waals surface area contributed by atoms with E-state index >= 15 is 0 Å². The average molecular weight is 233 g/mol. The summed E-state index contributed by atoms with van der Waals surface area (Å²) in [5, 5.41) is 0. The van der Waals surface area contributed by atoms with Crippen LogP contribution in [0.5, 0.6) is 0 Å². The zero-order chi connectivity index (χ0) is 12.1. The number of hydrogen-bond donors (Lipinski definition) is 1. The molecule has 2 rings (SSSR count). The maximum absolute atomic E-state index is 5.55. The molecule has 0 spiro atoms. The molecule has 0 bridgehead atoms. The van der Waals surface area contributed by atoms with Crippen LogP contribution < -0.4 is 5.73 Å². The molecule has 0 radical (unpaired) electrons. The second-order valence-corrected chi connectivity index (χ2v) is 5.13. The minimum Gasteiger partial charge on any atom is -0.378 e. The van der Waals surface area contributed by atoms with Crippen LogP contribution >= 0.6 is 0 Å². The third-order valence-electron chi connectivity index (χ3n) is 3.71. The number of methoxy groups -OCH3 is 1. The predicted octanol–water partition coefficient (Wildman–Crippen LogP) is 2.69. The molecule has 1 fully saturated rings. The van der Waals surface area contributed by atoms with Gasteiger partial charge in [-0.25, -0.2) is 0 Å². The number of rotatable bonds is 7. The predicted molar refractivity (Wildman–Crippen MR) is 71.1 cm³/mol. The highest BCUT2D eigenvalue weighted by Gasteiger charge is 2.42. The molecule has 2 N–H and O–H groups in total. The topological polar surface area (TPSA) is 35.2 Å². The van der Waals surface area contributed by atoms with Crippen LogP contribution in [0, 0.1) is 0 Å². The average Bonchev–Trinajstić information content (AvgIpc) is 3.12. The van der Waals surface area contributed by atoms with E-state index < -0.39 is 0 Å². The van der Waals surface area contributed by atoms with Gasteiger partial charge in [0, 0.05) is 13.5 Å². The Kier molecular flexibility index (Phi) is 4.19. The van der Waals surface area contributed by atoms with Crippen LogP contribution in [0.15, 0.2) is 24.3 Å². The number of unbranched alkanes of at least 4 members (excludes halogenated alkanes) is 1. The maximum Gasteiger partial charge on any atom is 0.0721 e. The second kappa shape index (κ2) is 5.65. The van der Waals surface area contributed by atoms with E-state index in [2.05, 4.69) is 24.3 Å². The van der Waals surface area contributed by atoms with Crippen LogP contribution in [0.25, 0.3) is 0 Å². The molecule has 0 amide bonds. The summed E-state index contributed by atoms with van der Waals surface area (Å²) >= 11 is 0. The molecule has 0 aliphatic heterocycles. The monoisotopic (exact) mass is 233 g/mol. The molecule has 1 aliphatic carbocycles. The van der Waals surface area contributed by atoms with Crippen molar-refractivity contribution in [1.82, 2.24) is 0 Å². The summed E-state index contributed by atoms with van der Waals surface area (Å²) in [5.74, 6) is 0. The molecule has 0 aromatic heterocycles. The fraction of sp³-hybridized carbons (Fsp3) is 0.600. The lowest BCUT2D eigenvalue weighted by Gasteiger charge is -2.13. The Morgan fingerprint density at radius 1 is 1.12 bits per heavy atom. The summed E-state index contributed by atoms with van der Waals surface area (Å²) in [4.78, 5) is 0. The van der Waals surface area contributed by atoms with Gasteiger partial charge in [-0.2, -0.15) is 0 Å². The zero-order valence-electron chi connectivity index (χ0n) is 10.7. The van der Waals surface area contributed by atoms with E-state index in [9.17, 15) is 0 Å². The number of benzene rings is 1. The fourth-order valence-corrected chi connectivity index (χ4v) is 2.26. The van der Waals surface area contributed by atoms with Gasteiger partial charge < -0.3 is 10.5 Å². The molecule has 2 heteroatoms. The van der Waals surface area contributed by atoms with Gasteiger partial charge in [0.15, 0.2) is 0 Å². The Balaban J connectivity index is 1.85. The fourth-order valence-electron chi connectivity index (χ4n) is 2.26. The van der Waals surface area contributed by atoms with E-state index in [1.165, 1.54) is 30.4 Å². The first-order valence-corrected chi connectivity index (χ1v) is 6.61. The maximum atomic E-state index is 5.55. The standard InChI is InChI=1S/C15H23NO/c1-17-15(9-10-15)12-14-7-5-13(6-8-14)4-2-3-11-16/h5-8H,2-4,9-12,16H2,1H3. The van der Waals surface area contributed by atoms with Crippen molar-refractivity contribution in [3.05, 3.63) is 35.4 Å². The Hall–Kier alpha value is -0.860. The Morgan fingerprint density at radius 2 is 1.76 bits per heavy atom. The quantitative estimate of drug-likeness (QED) is 0.735. The molecule has 1 aliphatic rings. The molecule has 17 heavy (non-hydrogen) atoms. The molecule has 0 unspecified atom stereocenters. The molecular formula is C15H23NO. The van der Waals surface area contributed by atoms with E-state index in [0.29, 0.717) is 0 Å². The number of ether oxygens (including phenoxy) is 1. The normalized spacial score (nSPS) is 17.1.